The van der Waals surface area contributed by atoms with Crippen LogP contribution in [0.3, 0.4) is 0 Å². The van der Waals surface area contributed by atoms with Crippen LogP contribution in [0.15, 0.2) is 133 Å². The minimum Gasteiger partial charge on any atom is -0.467 e. The Balaban J connectivity index is 1.42. The third-order valence-corrected chi connectivity index (χ3v) is 9.22. The molecule has 6 rings (SSSR count). The average Bonchev–Trinajstić information content (AvgIpc) is 3.19. The number of rotatable bonds is 18. The molecule has 5 aromatic carbocycles. The highest BCUT2D eigenvalue weighted by Gasteiger charge is 2.50. The molecule has 0 unspecified atom stereocenters. The van der Waals surface area contributed by atoms with Gasteiger partial charge in [0, 0.05) is 17.7 Å². The van der Waals surface area contributed by atoms with Gasteiger partial charge >= 0.3 is 0 Å². The van der Waals surface area contributed by atoms with Gasteiger partial charge in [-0.2, -0.15) is 0 Å². The molecule has 5 aromatic rings. The minimum atomic E-state index is -0.749. The topological polar surface area (TPSA) is 84.8 Å². The van der Waals surface area contributed by atoms with Crippen LogP contribution in [-0.4, -0.2) is 50.0 Å². The zero-order valence-electron chi connectivity index (χ0n) is 29.2. The van der Waals surface area contributed by atoms with Gasteiger partial charge in [0.05, 0.1) is 39.6 Å². The van der Waals surface area contributed by atoms with Crippen LogP contribution in [0.5, 0.6) is 5.75 Å². The number of aliphatic hydroxyl groups excluding tert-OH is 1. The fraction of sp³-hybridized carbons (Fsp3) is 0.302. The molecule has 0 amide bonds. The molecule has 0 aromatic heterocycles. The fourth-order valence-corrected chi connectivity index (χ4v) is 6.46. The molecule has 0 spiro atoms. The molecule has 1 N–H and O–H groups in total. The molecule has 8 nitrogen and oxygen atoms in total. The molecule has 0 saturated carbocycles. The Hall–Kier alpha value is -4.09. The Bertz CT molecular complexity index is 1760. The predicted octanol–water partition coefficient (Wildman–Crippen LogP) is 8.23. The van der Waals surface area contributed by atoms with Crippen LogP contribution in [-0.2, 0) is 61.5 Å². The number of hydrogen-bond donors (Lipinski definition) is 1. The number of aliphatic hydroxyl groups is 1. The molecule has 1 aliphatic rings. The molecule has 52 heavy (non-hydrogen) atoms. The van der Waals surface area contributed by atoms with E-state index in [0.717, 1.165) is 22.3 Å². The molecule has 1 heterocycles. The Labute approximate surface area is 310 Å². The van der Waals surface area contributed by atoms with Crippen molar-refractivity contribution in [3.8, 4) is 5.75 Å². The monoisotopic (exact) mass is 724 g/mol. The van der Waals surface area contributed by atoms with Gasteiger partial charge in [0.15, 0.2) is 6.79 Å². The van der Waals surface area contributed by atoms with Crippen LogP contribution in [0, 0.1) is 0 Å². The number of hydrogen-bond acceptors (Lipinski definition) is 8. The number of ether oxygens (including phenoxy) is 7. The Morgan fingerprint density at radius 1 is 0.615 bits per heavy atom. The fourth-order valence-electron chi connectivity index (χ4n) is 6.25. The van der Waals surface area contributed by atoms with E-state index >= 15 is 0 Å². The first-order valence-electron chi connectivity index (χ1n) is 17.4. The van der Waals surface area contributed by atoms with Gasteiger partial charge in [-0.15, -0.1) is 0 Å². The second-order valence-corrected chi connectivity index (χ2v) is 13.0. The third-order valence-electron chi connectivity index (χ3n) is 8.87. The van der Waals surface area contributed by atoms with Gasteiger partial charge in [0.1, 0.15) is 36.3 Å². The van der Waals surface area contributed by atoms with Crippen LogP contribution < -0.4 is 4.74 Å². The molecule has 0 radical (unpaired) electrons. The highest BCUT2D eigenvalue weighted by molar-refractivity contribution is 6.31. The van der Waals surface area contributed by atoms with Crippen molar-refractivity contribution >= 4 is 11.6 Å². The van der Waals surface area contributed by atoms with Crippen molar-refractivity contribution in [2.75, 3.05) is 20.5 Å². The second kappa shape index (κ2) is 19.7. The molecule has 1 saturated heterocycles. The highest BCUT2D eigenvalue weighted by Crippen LogP contribution is 2.43. The van der Waals surface area contributed by atoms with Gasteiger partial charge < -0.3 is 38.3 Å². The summed E-state index contributed by atoms with van der Waals surface area (Å²) >= 11 is 6.60. The van der Waals surface area contributed by atoms with Crippen LogP contribution in [0.4, 0.5) is 0 Å². The number of benzene rings is 5. The normalized spacial score (nSPS) is 20.1. The lowest BCUT2D eigenvalue weighted by Gasteiger charge is -2.46. The van der Waals surface area contributed by atoms with Gasteiger partial charge in [-0.3, -0.25) is 0 Å². The summed E-state index contributed by atoms with van der Waals surface area (Å²) in [4.78, 5) is 0. The van der Waals surface area contributed by atoms with Gasteiger partial charge in [0.2, 0.25) is 0 Å². The molecule has 9 heteroatoms. The van der Waals surface area contributed by atoms with Crippen molar-refractivity contribution < 1.29 is 38.3 Å². The van der Waals surface area contributed by atoms with Gasteiger partial charge in [0.25, 0.3) is 0 Å². The standard InChI is InChI=1S/C43H45ClO8/c1-46-30-51-38-23-37(44)35(24-45)22-36(38)40-42(49-27-33-18-10-4-11-19-33)43(50-28-34-20-12-5-13-21-34)41(48-26-32-16-8-3-9-17-32)39(52-40)29-47-25-31-14-6-2-7-15-31/h2-23,39-43,45H,24-30H2,1H3/t39-,40+,41-,42+,43+/m1/s1. The molecule has 272 valence electrons. The first-order chi connectivity index (χ1) is 25.6. The maximum atomic E-state index is 10.3. The van der Waals surface area contributed by atoms with Gasteiger partial charge in [-0.25, -0.2) is 0 Å². The van der Waals surface area contributed by atoms with Crippen LogP contribution in [0.2, 0.25) is 5.02 Å². The summed E-state index contributed by atoms with van der Waals surface area (Å²) in [6.45, 7) is 1.20. The first-order valence-corrected chi connectivity index (χ1v) is 17.8. The third kappa shape index (κ3) is 10.3. The number of methoxy groups -OCH3 is 1. The second-order valence-electron chi connectivity index (χ2n) is 12.6. The van der Waals surface area contributed by atoms with Crippen LogP contribution in [0.1, 0.15) is 39.5 Å². The zero-order valence-corrected chi connectivity index (χ0v) is 30.0. The predicted molar refractivity (Wildman–Crippen MR) is 199 cm³/mol. The molecule has 5 atom stereocenters. The smallest absolute Gasteiger partial charge is 0.188 e. The van der Waals surface area contributed by atoms with Crippen LogP contribution in [0.25, 0.3) is 0 Å². The lowest BCUT2D eigenvalue weighted by molar-refractivity contribution is -0.275. The molecule has 1 fully saturated rings. The molecule has 0 bridgehead atoms. The zero-order chi connectivity index (χ0) is 36.0. The van der Waals surface area contributed by atoms with Crippen molar-refractivity contribution in [1.82, 2.24) is 0 Å². The van der Waals surface area contributed by atoms with Crippen molar-refractivity contribution in [1.29, 1.82) is 0 Å². The Kier molecular flexibility index (Phi) is 14.2. The summed E-state index contributed by atoms with van der Waals surface area (Å²) in [5, 5.41) is 10.7. The highest BCUT2D eigenvalue weighted by atomic mass is 35.5. The van der Waals surface area contributed by atoms with Crippen LogP contribution >= 0.6 is 11.6 Å². The van der Waals surface area contributed by atoms with E-state index in [2.05, 4.69) is 0 Å². The van der Waals surface area contributed by atoms with E-state index in [-0.39, 0.29) is 26.6 Å². The molecular weight excluding hydrogens is 680 g/mol. The van der Waals surface area contributed by atoms with E-state index in [1.165, 1.54) is 0 Å². The first kappa shape index (κ1) is 37.7. The maximum Gasteiger partial charge on any atom is 0.188 e. The van der Waals surface area contributed by atoms with E-state index in [4.69, 9.17) is 44.8 Å². The summed E-state index contributed by atoms with van der Waals surface area (Å²) in [7, 11) is 1.55. The maximum absolute atomic E-state index is 10.3. The molecule has 0 aliphatic carbocycles. The van der Waals surface area contributed by atoms with Crippen molar-refractivity contribution in [3.63, 3.8) is 0 Å². The summed E-state index contributed by atoms with van der Waals surface area (Å²) < 4.78 is 45.3. The van der Waals surface area contributed by atoms with Gasteiger partial charge in [-0.1, -0.05) is 133 Å². The minimum absolute atomic E-state index is 0.0234. The molecular formula is C43H45ClO8. The van der Waals surface area contributed by atoms with E-state index in [0.29, 0.717) is 41.7 Å². The van der Waals surface area contributed by atoms with E-state index in [1.54, 1.807) is 19.2 Å². The number of halogens is 1. The quantitative estimate of drug-likeness (QED) is 0.0906. The average molecular weight is 725 g/mol. The van der Waals surface area contributed by atoms with Crippen molar-refractivity contribution in [2.45, 2.75) is 63.6 Å². The Morgan fingerprint density at radius 3 is 1.60 bits per heavy atom. The lowest BCUT2D eigenvalue weighted by atomic mass is 9.89. The summed E-state index contributed by atoms with van der Waals surface area (Å²) in [5.41, 5.74) is 5.19. The van der Waals surface area contributed by atoms with Gasteiger partial charge in [-0.05, 0) is 39.9 Å². The summed E-state index contributed by atoms with van der Waals surface area (Å²) in [6, 6.07) is 43.5. The summed E-state index contributed by atoms with van der Waals surface area (Å²) in [6.07, 6.45) is -3.29. The van der Waals surface area contributed by atoms with Crippen molar-refractivity contribution in [3.05, 3.63) is 172 Å². The molecule has 1 aliphatic heterocycles. The SMILES string of the molecule is COCOc1cc(Cl)c(CO)cc1[C@@H]1O[C@H](COCc2ccccc2)[C@@H](OCc2ccccc2)[C@H](OCc2ccccc2)[C@H]1OCc1ccccc1. The Morgan fingerprint density at radius 2 is 1.10 bits per heavy atom. The lowest BCUT2D eigenvalue weighted by Crippen LogP contribution is -2.58. The van der Waals surface area contributed by atoms with E-state index < -0.39 is 30.5 Å². The summed E-state index contributed by atoms with van der Waals surface area (Å²) in [5.74, 6) is 0.441. The largest absolute Gasteiger partial charge is 0.467 e. The van der Waals surface area contributed by atoms with E-state index in [9.17, 15) is 5.11 Å². The van der Waals surface area contributed by atoms with E-state index in [1.807, 2.05) is 121 Å². The van der Waals surface area contributed by atoms with Crippen molar-refractivity contribution in [2.24, 2.45) is 0 Å².